The lowest BCUT2D eigenvalue weighted by Crippen LogP contribution is -2.20. The molecule has 1 heterocycles. The Labute approximate surface area is 87.6 Å². The van der Waals surface area contributed by atoms with E-state index >= 15 is 0 Å². The fourth-order valence-corrected chi connectivity index (χ4v) is 2.23. The van der Waals surface area contributed by atoms with E-state index in [0.717, 1.165) is 23.5 Å². The number of nitrogens with zero attached hydrogens (tertiary/aromatic N) is 2. The van der Waals surface area contributed by atoms with Crippen LogP contribution >= 0.6 is 11.3 Å². The van der Waals surface area contributed by atoms with Crippen molar-refractivity contribution in [2.75, 3.05) is 0 Å². The van der Waals surface area contributed by atoms with E-state index in [1.807, 2.05) is 19.2 Å². The van der Waals surface area contributed by atoms with Crippen molar-refractivity contribution < 1.29 is 0 Å². The van der Waals surface area contributed by atoms with E-state index in [-0.39, 0.29) is 5.54 Å². The second-order valence-electron chi connectivity index (χ2n) is 4.43. The minimum Gasteiger partial charge on any atom is -0.320 e. The first-order valence-electron chi connectivity index (χ1n) is 4.65. The smallest absolute Gasteiger partial charge is 0.113 e. The molecule has 1 aromatic rings. The molecule has 1 aliphatic carbocycles. The van der Waals surface area contributed by atoms with Gasteiger partial charge in [-0.1, -0.05) is 0 Å². The molecule has 0 bridgehead atoms. The molecule has 0 unspecified atom stereocenters. The molecule has 2 rings (SSSR count). The Morgan fingerprint density at radius 3 is 2.79 bits per heavy atom. The normalized spacial score (nSPS) is 19.0. The largest absolute Gasteiger partial charge is 0.320 e. The zero-order valence-corrected chi connectivity index (χ0v) is 9.19. The maximum absolute atomic E-state index is 8.96. The van der Waals surface area contributed by atoms with Crippen molar-refractivity contribution in [1.82, 2.24) is 4.98 Å². The summed E-state index contributed by atoms with van der Waals surface area (Å²) in [5.74, 6) is 0. The third-order valence-corrected chi connectivity index (χ3v) is 3.78. The van der Waals surface area contributed by atoms with Gasteiger partial charge in [-0.25, -0.2) is 4.98 Å². The van der Waals surface area contributed by atoms with Gasteiger partial charge in [-0.15, -0.1) is 11.3 Å². The van der Waals surface area contributed by atoms with Gasteiger partial charge < -0.3 is 5.73 Å². The standard InChI is InChI=1S/C10H13N3S/c1-9(2,6-11)8-13-7(5-14-8)10(12)3-4-10/h5H,3-4,12H2,1-2H3. The van der Waals surface area contributed by atoms with Gasteiger partial charge in [0.25, 0.3) is 0 Å². The zero-order valence-electron chi connectivity index (χ0n) is 8.37. The van der Waals surface area contributed by atoms with Gasteiger partial charge >= 0.3 is 0 Å². The van der Waals surface area contributed by atoms with Crippen molar-refractivity contribution >= 4 is 11.3 Å². The van der Waals surface area contributed by atoms with Crippen LogP contribution in [0.2, 0.25) is 0 Å². The Morgan fingerprint density at radius 1 is 1.64 bits per heavy atom. The molecule has 0 amide bonds. The zero-order chi connectivity index (χ0) is 10.4. The number of rotatable bonds is 2. The first-order valence-corrected chi connectivity index (χ1v) is 5.52. The minimum atomic E-state index is -0.492. The summed E-state index contributed by atoms with van der Waals surface area (Å²) in [6.07, 6.45) is 2.03. The number of hydrogen-bond acceptors (Lipinski definition) is 4. The molecule has 0 radical (unpaired) electrons. The Kier molecular flexibility index (Phi) is 1.91. The minimum absolute atomic E-state index is 0.180. The van der Waals surface area contributed by atoms with Gasteiger partial charge in [0.15, 0.2) is 0 Å². The lowest BCUT2D eigenvalue weighted by Gasteiger charge is -2.10. The molecular formula is C10H13N3S. The Bertz CT molecular complexity index is 396. The molecule has 1 aromatic heterocycles. The molecule has 4 heteroatoms. The summed E-state index contributed by atoms with van der Waals surface area (Å²) in [6.45, 7) is 3.76. The average Bonchev–Trinajstić information content (AvgIpc) is 2.72. The molecule has 0 atom stereocenters. The molecule has 0 spiro atoms. The molecule has 1 saturated carbocycles. The summed E-state index contributed by atoms with van der Waals surface area (Å²) in [5.41, 5.74) is 6.31. The number of nitrogens with two attached hydrogens (primary N) is 1. The molecule has 2 N–H and O–H groups in total. The van der Waals surface area contributed by atoms with Crippen molar-refractivity contribution in [3.05, 3.63) is 16.1 Å². The van der Waals surface area contributed by atoms with Crippen LogP contribution in [0.1, 0.15) is 37.4 Å². The molecule has 0 aromatic carbocycles. The molecule has 0 aliphatic heterocycles. The van der Waals surface area contributed by atoms with Crippen LogP contribution in [0.15, 0.2) is 5.38 Å². The highest BCUT2D eigenvalue weighted by atomic mass is 32.1. The summed E-state index contributed by atoms with van der Waals surface area (Å²) in [5, 5.41) is 11.8. The topological polar surface area (TPSA) is 62.7 Å². The highest BCUT2D eigenvalue weighted by Crippen LogP contribution is 2.43. The maximum Gasteiger partial charge on any atom is 0.113 e. The van der Waals surface area contributed by atoms with E-state index in [1.54, 1.807) is 0 Å². The molecule has 14 heavy (non-hydrogen) atoms. The van der Waals surface area contributed by atoms with Gasteiger partial charge in [0, 0.05) is 5.38 Å². The lowest BCUT2D eigenvalue weighted by atomic mass is 9.97. The summed E-state index contributed by atoms with van der Waals surface area (Å²) in [7, 11) is 0. The molecule has 1 fully saturated rings. The molecule has 3 nitrogen and oxygen atoms in total. The summed E-state index contributed by atoms with van der Waals surface area (Å²) in [6, 6.07) is 2.25. The van der Waals surface area contributed by atoms with Crippen LogP contribution in [-0.2, 0) is 11.0 Å². The molecule has 1 aliphatic rings. The van der Waals surface area contributed by atoms with Crippen LogP contribution < -0.4 is 5.73 Å². The van der Waals surface area contributed by atoms with Crippen LogP contribution in [-0.4, -0.2) is 4.98 Å². The van der Waals surface area contributed by atoms with E-state index in [1.165, 1.54) is 11.3 Å². The summed E-state index contributed by atoms with van der Waals surface area (Å²) >= 11 is 1.53. The van der Waals surface area contributed by atoms with Crippen LogP contribution in [0.3, 0.4) is 0 Å². The number of hydrogen-bond donors (Lipinski definition) is 1. The highest BCUT2D eigenvalue weighted by molar-refractivity contribution is 7.09. The van der Waals surface area contributed by atoms with Gasteiger partial charge in [-0.3, -0.25) is 0 Å². The number of thiazole rings is 1. The highest BCUT2D eigenvalue weighted by Gasteiger charge is 2.42. The van der Waals surface area contributed by atoms with Crippen LogP contribution in [0.25, 0.3) is 0 Å². The quantitative estimate of drug-likeness (QED) is 0.805. The molecule has 74 valence electrons. The van der Waals surface area contributed by atoms with Crippen molar-refractivity contribution in [1.29, 1.82) is 5.26 Å². The van der Waals surface area contributed by atoms with Crippen LogP contribution in [0, 0.1) is 11.3 Å². The molecular weight excluding hydrogens is 194 g/mol. The Balaban J connectivity index is 2.32. The van der Waals surface area contributed by atoms with E-state index in [0.29, 0.717) is 0 Å². The predicted octanol–water partition coefficient (Wildman–Crippen LogP) is 1.89. The van der Waals surface area contributed by atoms with E-state index in [9.17, 15) is 0 Å². The SMILES string of the molecule is CC(C)(C#N)c1nc(C2(N)CC2)cs1. The Morgan fingerprint density at radius 2 is 2.29 bits per heavy atom. The average molecular weight is 207 g/mol. The third-order valence-electron chi connectivity index (χ3n) is 2.62. The second-order valence-corrected chi connectivity index (χ2v) is 5.29. The predicted molar refractivity (Wildman–Crippen MR) is 55.9 cm³/mol. The summed E-state index contributed by atoms with van der Waals surface area (Å²) in [4.78, 5) is 4.46. The first kappa shape index (κ1) is 9.63. The van der Waals surface area contributed by atoms with Crippen molar-refractivity contribution in [3.8, 4) is 6.07 Å². The summed E-state index contributed by atoms with van der Waals surface area (Å²) < 4.78 is 0. The molecule has 0 saturated heterocycles. The number of aromatic nitrogens is 1. The van der Waals surface area contributed by atoms with Crippen LogP contribution in [0.5, 0.6) is 0 Å². The van der Waals surface area contributed by atoms with E-state index in [4.69, 9.17) is 11.0 Å². The monoisotopic (exact) mass is 207 g/mol. The van der Waals surface area contributed by atoms with Gasteiger partial charge in [-0.05, 0) is 26.7 Å². The third kappa shape index (κ3) is 1.43. The van der Waals surface area contributed by atoms with Crippen molar-refractivity contribution in [3.63, 3.8) is 0 Å². The van der Waals surface area contributed by atoms with Gasteiger partial charge in [-0.2, -0.15) is 5.26 Å². The van der Waals surface area contributed by atoms with Crippen LogP contribution in [0.4, 0.5) is 0 Å². The van der Waals surface area contributed by atoms with Gasteiger partial charge in [0.1, 0.15) is 10.4 Å². The number of nitriles is 1. The Hall–Kier alpha value is -0.920. The second kappa shape index (κ2) is 2.78. The van der Waals surface area contributed by atoms with Gasteiger partial charge in [0.05, 0.1) is 17.3 Å². The fourth-order valence-electron chi connectivity index (χ4n) is 1.23. The fraction of sp³-hybridized carbons (Fsp3) is 0.600. The van der Waals surface area contributed by atoms with Gasteiger partial charge in [0.2, 0.25) is 0 Å². The maximum atomic E-state index is 8.96. The van der Waals surface area contributed by atoms with Crippen molar-refractivity contribution in [2.45, 2.75) is 37.6 Å². The van der Waals surface area contributed by atoms with Crippen molar-refractivity contribution in [2.24, 2.45) is 5.73 Å². The van der Waals surface area contributed by atoms with E-state index < -0.39 is 5.41 Å². The van der Waals surface area contributed by atoms with E-state index in [2.05, 4.69) is 11.1 Å². The lowest BCUT2D eigenvalue weighted by molar-refractivity contribution is 0.654. The first-order chi connectivity index (χ1) is 6.48.